The lowest BCUT2D eigenvalue weighted by Gasteiger charge is -2.25. The molecule has 1 amide bonds. The predicted octanol–water partition coefficient (Wildman–Crippen LogP) is 3.03. The number of anilines is 1. The van der Waals surface area contributed by atoms with Gasteiger partial charge in [-0.3, -0.25) is 9.78 Å². The highest BCUT2D eigenvalue weighted by Gasteiger charge is 2.30. The number of hydrogen-bond donors (Lipinski definition) is 1. The Hall–Kier alpha value is -2.36. The SMILES string of the molecule is O=C(c1ccc2c(c1)CCN2)N1CCCC1c1ccncc1. The second-order valence-electron chi connectivity index (χ2n) is 5.99. The first-order valence-corrected chi connectivity index (χ1v) is 7.90. The zero-order valence-electron chi connectivity index (χ0n) is 12.5. The number of aromatic nitrogens is 1. The lowest BCUT2D eigenvalue weighted by Crippen LogP contribution is -2.30. The Labute approximate surface area is 130 Å². The lowest BCUT2D eigenvalue weighted by molar-refractivity contribution is 0.0735. The van der Waals surface area contributed by atoms with E-state index in [1.54, 1.807) is 12.4 Å². The number of nitrogens with one attached hydrogen (secondary N) is 1. The standard InChI is InChI=1S/C18H19N3O/c22-18(15-3-4-16-14(12-15)7-10-20-16)21-11-1-2-17(21)13-5-8-19-9-6-13/h3-6,8-9,12,17,20H,1-2,7,10-11H2. The van der Waals surface area contributed by atoms with Crippen molar-refractivity contribution >= 4 is 11.6 Å². The maximum Gasteiger partial charge on any atom is 0.254 e. The van der Waals surface area contributed by atoms with E-state index in [-0.39, 0.29) is 11.9 Å². The summed E-state index contributed by atoms with van der Waals surface area (Å²) in [6, 6.07) is 10.3. The van der Waals surface area contributed by atoms with E-state index < -0.39 is 0 Å². The molecule has 3 heterocycles. The van der Waals surface area contributed by atoms with E-state index in [1.165, 1.54) is 16.8 Å². The van der Waals surface area contributed by atoms with Crippen LogP contribution in [0.15, 0.2) is 42.7 Å². The molecular weight excluding hydrogens is 274 g/mol. The fourth-order valence-corrected chi connectivity index (χ4v) is 3.55. The average Bonchev–Trinajstić information content (AvgIpc) is 3.23. The van der Waals surface area contributed by atoms with Crippen LogP contribution in [0.5, 0.6) is 0 Å². The predicted molar refractivity (Wildman–Crippen MR) is 85.9 cm³/mol. The van der Waals surface area contributed by atoms with Gasteiger partial charge in [0.25, 0.3) is 5.91 Å². The first kappa shape index (κ1) is 13.3. The molecule has 2 aliphatic rings. The van der Waals surface area contributed by atoms with Crippen LogP contribution in [0.4, 0.5) is 5.69 Å². The van der Waals surface area contributed by atoms with Crippen molar-refractivity contribution in [1.29, 1.82) is 0 Å². The van der Waals surface area contributed by atoms with Crippen LogP contribution in [0, 0.1) is 0 Å². The van der Waals surface area contributed by atoms with E-state index in [0.29, 0.717) is 0 Å². The minimum absolute atomic E-state index is 0.147. The summed E-state index contributed by atoms with van der Waals surface area (Å²) < 4.78 is 0. The summed E-state index contributed by atoms with van der Waals surface area (Å²) in [6.07, 6.45) is 6.70. The van der Waals surface area contributed by atoms with Crippen molar-refractivity contribution in [3.8, 4) is 0 Å². The number of amides is 1. The van der Waals surface area contributed by atoms with Crippen molar-refractivity contribution in [2.45, 2.75) is 25.3 Å². The van der Waals surface area contributed by atoms with Gasteiger partial charge in [-0.1, -0.05) is 0 Å². The zero-order valence-corrected chi connectivity index (χ0v) is 12.5. The number of carbonyl (C=O) groups is 1. The fraction of sp³-hybridized carbons (Fsp3) is 0.333. The van der Waals surface area contributed by atoms with Crippen LogP contribution in [-0.4, -0.2) is 28.9 Å². The molecule has 2 aliphatic heterocycles. The van der Waals surface area contributed by atoms with Gasteiger partial charge in [0.1, 0.15) is 0 Å². The minimum atomic E-state index is 0.147. The van der Waals surface area contributed by atoms with Crippen LogP contribution >= 0.6 is 0 Å². The monoisotopic (exact) mass is 293 g/mol. The largest absolute Gasteiger partial charge is 0.384 e. The van der Waals surface area contributed by atoms with Crippen LogP contribution in [0.2, 0.25) is 0 Å². The third-order valence-corrected chi connectivity index (χ3v) is 4.67. The van der Waals surface area contributed by atoms with Crippen molar-refractivity contribution in [2.75, 3.05) is 18.4 Å². The van der Waals surface area contributed by atoms with Gasteiger partial charge in [-0.15, -0.1) is 0 Å². The number of hydrogen-bond acceptors (Lipinski definition) is 3. The van der Waals surface area contributed by atoms with E-state index in [4.69, 9.17) is 0 Å². The van der Waals surface area contributed by atoms with E-state index >= 15 is 0 Å². The van der Waals surface area contributed by atoms with Gasteiger partial charge in [0, 0.05) is 36.7 Å². The molecule has 0 bridgehead atoms. The summed E-state index contributed by atoms with van der Waals surface area (Å²) in [4.78, 5) is 19.0. The highest BCUT2D eigenvalue weighted by molar-refractivity contribution is 5.95. The zero-order chi connectivity index (χ0) is 14.9. The summed E-state index contributed by atoms with van der Waals surface area (Å²) in [7, 11) is 0. The third-order valence-electron chi connectivity index (χ3n) is 4.67. The quantitative estimate of drug-likeness (QED) is 0.925. The Balaban J connectivity index is 1.62. The summed E-state index contributed by atoms with van der Waals surface area (Å²) in [5.74, 6) is 0.147. The molecule has 4 heteroatoms. The Kier molecular flexibility index (Phi) is 3.29. The molecule has 4 nitrogen and oxygen atoms in total. The first-order valence-electron chi connectivity index (χ1n) is 7.90. The van der Waals surface area contributed by atoms with Crippen LogP contribution in [-0.2, 0) is 6.42 Å². The molecule has 1 fully saturated rings. The van der Waals surface area contributed by atoms with Crippen molar-refractivity contribution in [3.63, 3.8) is 0 Å². The number of benzene rings is 1. The Morgan fingerprint density at radius 2 is 2.09 bits per heavy atom. The Bertz CT molecular complexity index is 699. The molecule has 1 unspecified atom stereocenters. The van der Waals surface area contributed by atoms with Gasteiger partial charge in [0.15, 0.2) is 0 Å². The van der Waals surface area contributed by atoms with E-state index in [0.717, 1.165) is 37.9 Å². The average molecular weight is 293 g/mol. The fourth-order valence-electron chi connectivity index (χ4n) is 3.55. The van der Waals surface area contributed by atoms with Crippen molar-refractivity contribution in [2.24, 2.45) is 0 Å². The Morgan fingerprint density at radius 3 is 2.95 bits per heavy atom. The molecule has 22 heavy (non-hydrogen) atoms. The van der Waals surface area contributed by atoms with Gasteiger partial charge < -0.3 is 10.2 Å². The second-order valence-corrected chi connectivity index (χ2v) is 5.99. The summed E-state index contributed by atoms with van der Waals surface area (Å²) in [5.41, 5.74) is 4.42. The van der Waals surface area contributed by atoms with Crippen molar-refractivity contribution < 1.29 is 4.79 Å². The van der Waals surface area contributed by atoms with Crippen LogP contribution in [0.25, 0.3) is 0 Å². The molecule has 2 aromatic rings. The number of likely N-dealkylation sites (tertiary alicyclic amines) is 1. The molecular formula is C18H19N3O. The molecule has 0 aliphatic carbocycles. The lowest BCUT2D eigenvalue weighted by atomic mass is 10.0. The van der Waals surface area contributed by atoms with E-state index in [2.05, 4.69) is 16.4 Å². The van der Waals surface area contributed by atoms with E-state index in [9.17, 15) is 4.79 Å². The highest BCUT2D eigenvalue weighted by atomic mass is 16.2. The first-order chi connectivity index (χ1) is 10.8. The number of carbonyl (C=O) groups excluding carboxylic acids is 1. The minimum Gasteiger partial charge on any atom is -0.384 e. The highest BCUT2D eigenvalue weighted by Crippen LogP contribution is 2.33. The molecule has 1 atom stereocenters. The van der Waals surface area contributed by atoms with Gasteiger partial charge in [-0.05, 0) is 60.7 Å². The third kappa shape index (κ3) is 2.25. The van der Waals surface area contributed by atoms with Crippen LogP contribution in [0.1, 0.15) is 40.4 Å². The van der Waals surface area contributed by atoms with Gasteiger partial charge >= 0.3 is 0 Å². The van der Waals surface area contributed by atoms with Gasteiger partial charge in [-0.2, -0.15) is 0 Å². The van der Waals surface area contributed by atoms with Gasteiger partial charge in [0.05, 0.1) is 6.04 Å². The molecule has 1 aromatic heterocycles. The van der Waals surface area contributed by atoms with Gasteiger partial charge in [0.2, 0.25) is 0 Å². The maximum absolute atomic E-state index is 12.9. The topological polar surface area (TPSA) is 45.2 Å². The Morgan fingerprint density at radius 1 is 1.23 bits per heavy atom. The van der Waals surface area contributed by atoms with Crippen molar-refractivity contribution in [1.82, 2.24) is 9.88 Å². The van der Waals surface area contributed by atoms with Crippen LogP contribution < -0.4 is 5.32 Å². The molecule has 4 rings (SSSR count). The van der Waals surface area contributed by atoms with E-state index in [1.807, 2.05) is 29.2 Å². The summed E-state index contributed by atoms with van der Waals surface area (Å²) in [5, 5.41) is 3.34. The van der Waals surface area contributed by atoms with Crippen molar-refractivity contribution in [3.05, 3.63) is 59.4 Å². The number of rotatable bonds is 2. The number of nitrogens with zero attached hydrogens (tertiary/aromatic N) is 2. The summed E-state index contributed by atoms with van der Waals surface area (Å²) in [6.45, 7) is 1.80. The number of pyridine rings is 1. The summed E-state index contributed by atoms with van der Waals surface area (Å²) >= 11 is 0. The van der Waals surface area contributed by atoms with Crippen LogP contribution in [0.3, 0.4) is 0 Å². The molecule has 0 radical (unpaired) electrons. The molecule has 112 valence electrons. The maximum atomic E-state index is 12.9. The molecule has 1 N–H and O–H groups in total. The normalized spacial score (nSPS) is 19.8. The van der Waals surface area contributed by atoms with Gasteiger partial charge in [-0.25, -0.2) is 0 Å². The smallest absolute Gasteiger partial charge is 0.254 e. The molecule has 1 aromatic carbocycles. The molecule has 0 spiro atoms. The molecule has 1 saturated heterocycles. The second kappa shape index (κ2) is 5.44. The molecule has 0 saturated carbocycles. The number of fused-ring (bicyclic) bond motifs is 1.